The van der Waals surface area contributed by atoms with Gasteiger partial charge >= 0.3 is 6.16 Å². The van der Waals surface area contributed by atoms with Crippen LogP contribution in [0.1, 0.15) is 13.8 Å². The number of hydrogen-bond acceptors (Lipinski definition) is 4. The van der Waals surface area contributed by atoms with Crippen molar-refractivity contribution in [3.63, 3.8) is 0 Å². The van der Waals surface area contributed by atoms with Crippen molar-refractivity contribution in [2.24, 2.45) is 0 Å². The minimum absolute atomic E-state index is 0.0359. The molecule has 0 atom stereocenters. The number of benzene rings is 1. The van der Waals surface area contributed by atoms with E-state index in [0.717, 1.165) is 12.1 Å². The van der Waals surface area contributed by atoms with Gasteiger partial charge < -0.3 is 15.2 Å². The standard InChI is InChI=1S/C10H11ClFNO3/c1-5(2)15-10(14)16-9-4-8(13)7(12)3-6(9)11/h3-5H,13H2,1-2H3. The van der Waals surface area contributed by atoms with Crippen molar-refractivity contribution in [2.45, 2.75) is 20.0 Å². The summed E-state index contributed by atoms with van der Waals surface area (Å²) in [6, 6.07) is 2.09. The zero-order valence-electron chi connectivity index (χ0n) is 8.79. The molecule has 0 heterocycles. The van der Waals surface area contributed by atoms with Gasteiger partial charge in [0.25, 0.3) is 0 Å². The van der Waals surface area contributed by atoms with E-state index in [4.69, 9.17) is 26.8 Å². The lowest BCUT2D eigenvalue weighted by Crippen LogP contribution is -2.16. The summed E-state index contributed by atoms with van der Waals surface area (Å²) in [6.07, 6.45) is -1.23. The highest BCUT2D eigenvalue weighted by atomic mass is 35.5. The zero-order chi connectivity index (χ0) is 12.3. The second-order valence-corrected chi connectivity index (χ2v) is 3.73. The van der Waals surface area contributed by atoms with E-state index in [2.05, 4.69) is 0 Å². The molecule has 2 N–H and O–H groups in total. The Kier molecular flexibility index (Phi) is 3.95. The van der Waals surface area contributed by atoms with E-state index in [1.54, 1.807) is 13.8 Å². The Morgan fingerprint density at radius 2 is 2.12 bits per heavy atom. The van der Waals surface area contributed by atoms with Crippen LogP contribution in [-0.4, -0.2) is 12.3 Å². The van der Waals surface area contributed by atoms with Gasteiger partial charge in [-0.1, -0.05) is 11.6 Å². The van der Waals surface area contributed by atoms with Crippen LogP contribution in [0.4, 0.5) is 14.9 Å². The summed E-state index contributed by atoms with van der Waals surface area (Å²) in [5.41, 5.74) is 5.14. The summed E-state index contributed by atoms with van der Waals surface area (Å²) in [6.45, 7) is 3.34. The number of rotatable bonds is 2. The SMILES string of the molecule is CC(C)OC(=O)Oc1cc(N)c(F)cc1Cl. The maximum Gasteiger partial charge on any atom is 0.514 e. The van der Waals surface area contributed by atoms with Crippen LogP contribution < -0.4 is 10.5 Å². The molecular formula is C10H11ClFNO3. The molecule has 0 fully saturated rings. The minimum Gasteiger partial charge on any atom is -0.431 e. The molecule has 0 aliphatic carbocycles. The number of anilines is 1. The lowest BCUT2D eigenvalue weighted by molar-refractivity contribution is 0.0729. The Labute approximate surface area is 97.1 Å². The Bertz CT molecular complexity index is 409. The number of carbonyl (C=O) groups excluding carboxylic acids is 1. The van der Waals surface area contributed by atoms with Gasteiger partial charge in [-0.05, 0) is 19.9 Å². The van der Waals surface area contributed by atoms with Gasteiger partial charge in [-0.15, -0.1) is 0 Å². The molecule has 4 nitrogen and oxygen atoms in total. The van der Waals surface area contributed by atoms with Gasteiger partial charge in [0.1, 0.15) is 5.82 Å². The van der Waals surface area contributed by atoms with Gasteiger partial charge in [-0.2, -0.15) is 0 Å². The second-order valence-electron chi connectivity index (χ2n) is 3.32. The summed E-state index contributed by atoms with van der Waals surface area (Å²) in [7, 11) is 0. The lowest BCUT2D eigenvalue weighted by Gasteiger charge is -2.10. The molecule has 88 valence electrons. The number of hydrogen-bond donors (Lipinski definition) is 1. The molecule has 0 spiro atoms. The van der Waals surface area contributed by atoms with Crippen molar-refractivity contribution >= 4 is 23.4 Å². The number of halogens is 2. The lowest BCUT2D eigenvalue weighted by atomic mass is 10.3. The first-order chi connectivity index (χ1) is 7.40. The predicted molar refractivity (Wildman–Crippen MR) is 58.1 cm³/mol. The number of carbonyl (C=O) groups is 1. The third kappa shape index (κ3) is 3.27. The van der Waals surface area contributed by atoms with Crippen molar-refractivity contribution in [1.29, 1.82) is 0 Å². The fraction of sp³-hybridized carbons (Fsp3) is 0.300. The van der Waals surface area contributed by atoms with E-state index in [1.807, 2.05) is 0 Å². The van der Waals surface area contributed by atoms with Crippen LogP contribution in [0.15, 0.2) is 12.1 Å². The first-order valence-corrected chi connectivity index (χ1v) is 4.91. The molecule has 0 amide bonds. The summed E-state index contributed by atoms with van der Waals surface area (Å²) in [5, 5.41) is -0.0487. The van der Waals surface area contributed by atoms with E-state index in [1.165, 1.54) is 0 Å². The summed E-state index contributed by atoms with van der Waals surface area (Å²) >= 11 is 5.65. The van der Waals surface area contributed by atoms with Crippen molar-refractivity contribution in [1.82, 2.24) is 0 Å². The zero-order valence-corrected chi connectivity index (χ0v) is 9.55. The van der Waals surface area contributed by atoms with Crippen LogP contribution in [0.5, 0.6) is 5.75 Å². The van der Waals surface area contributed by atoms with Gasteiger partial charge in [-0.3, -0.25) is 0 Å². The molecule has 16 heavy (non-hydrogen) atoms. The first-order valence-electron chi connectivity index (χ1n) is 4.53. The molecule has 0 radical (unpaired) electrons. The summed E-state index contributed by atoms with van der Waals surface area (Å²) in [5.74, 6) is -0.708. The van der Waals surface area contributed by atoms with Crippen molar-refractivity contribution in [3.05, 3.63) is 23.0 Å². The van der Waals surface area contributed by atoms with Crippen LogP contribution >= 0.6 is 11.6 Å². The van der Waals surface area contributed by atoms with E-state index < -0.39 is 12.0 Å². The van der Waals surface area contributed by atoms with Crippen LogP contribution in [0.25, 0.3) is 0 Å². The average Bonchev–Trinajstić information content (AvgIpc) is 2.12. The van der Waals surface area contributed by atoms with E-state index in [-0.39, 0.29) is 22.6 Å². The van der Waals surface area contributed by atoms with Crippen molar-refractivity contribution in [3.8, 4) is 5.75 Å². The third-order valence-corrected chi connectivity index (χ3v) is 1.87. The maximum atomic E-state index is 12.9. The predicted octanol–water partition coefficient (Wildman–Crippen LogP) is 2.99. The Morgan fingerprint density at radius 1 is 1.50 bits per heavy atom. The highest BCUT2D eigenvalue weighted by Crippen LogP contribution is 2.29. The molecule has 0 saturated carbocycles. The van der Waals surface area contributed by atoms with Crippen LogP contribution in [0, 0.1) is 5.82 Å². The quantitative estimate of drug-likeness (QED) is 0.496. The topological polar surface area (TPSA) is 61.5 Å². The van der Waals surface area contributed by atoms with Crippen molar-refractivity contribution in [2.75, 3.05) is 5.73 Å². The molecule has 0 unspecified atom stereocenters. The summed E-state index contributed by atoms with van der Waals surface area (Å²) < 4.78 is 22.4. The van der Waals surface area contributed by atoms with Gasteiger partial charge in [0, 0.05) is 6.07 Å². The Hall–Kier alpha value is -1.49. The third-order valence-electron chi connectivity index (χ3n) is 1.58. The monoisotopic (exact) mass is 247 g/mol. The summed E-state index contributed by atoms with van der Waals surface area (Å²) in [4.78, 5) is 11.1. The molecule has 0 saturated heterocycles. The van der Waals surface area contributed by atoms with Crippen LogP contribution in [-0.2, 0) is 4.74 Å². The Morgan fingerprint density at radius 3 is 2.69 bits per heavy atom. The van der Waals surface area contributed by atoms with Gasteiger partial charge in [0.15, 0.2) is 5.75 Å². The number of ether oxygens (including phenoxy) is 2. The molecule has 1 rings (SSSR count). The Balaban J connectivity index is 2.81. The molecule has 1 aromatic rings. The van der Waals surface area contributed by atoms with Crippen LogP contribution in [0.3, 0.4) is 0 Å². The van der Waals surface area contributed by atoms with E-state index >= 15 is 0 Å². The normalized spacial score (nSPS) is 10.3. The molecule has 0 bridgehead atoms. The molecular weight excluding hydrogens is 237 g/mol. The fourth-order valence-electron chi connectivity index (χ4n) is 0.929. The average molecular weight is 248 g/mol. The molecule has 0 aliphatic heterocycles. The fourth-order valence-corrected chi connectivity index (χ4v) is 1.12. The first kappa shape index (κ1) is 12.6. The highest BCUT2D eigenvalue weighted by molar-refractivity contribution is 6.32. The smallest absolute Gasteiger partial charge is 0.431 e. The second kappa shape index (κ2) is 5.03. The van der Waals surface area contributed by atoms with Crippen LogP contribution in [0.2, 0.25) is 5.02 Å². The molecule has 0 aliphatic rings. The van der Waals surface area contributed by atoms with Gasteiger partial charge in [0.2, 0.25) is 0 Å². The largest absolute Gasteiger partial charge is 0.514 e. The number of nitrogens with two attached hydrogens (primary N) is 1. The van der Waals surface area contributed by atoms with E-state index in [0.29, 0.717) is 0 Å². The minimum atomic E-state index is -0.914. The van der Waals surface area contributed by atoms with E-state index in [9.17, 15) is 9.18 Å². The molecule has 1 aromatic carbocycles. The van der Waals surface area contributed by atoms with Gasteiger partial charge in [-0.25, -0.2) is 9.18 Å². The van der Waals surface area contributed by atoms with Crippen molar-refractivity contribution < 1.29 is 18.7 Å². The highest BCUT2D eigenvalue weighted by Gasteiger charge is 2.13. The van der Waals surface area contributed by atoms with Gasteiger partial charge in [0.05, 0.1) is 16.8 Å². The maximum absolute atomic E-state index is 12.9. The number of nitrogen functional groups attached to an aromatic ring is 1. The molecule has 0 aromatic heterocycles. The molecule has 6 heteroatoms.